The Bertz CT molecular complexity index is 693. The van der Waals surface area contributed by atoms with Crippen LogP contribution in [0.15, 0.2) is 29.3 Å². The van der Waals surface area contributed by atoms with Crippen LogP contribution in [0.4, 0.5) is 0 Å². The van der Waals surface area contributed by atoms with Crippen LogP contribution in [0.25, 0.3) is 0 Å². The van der Waals surface area contributed by atoms with Gasteiger partial charge in [0.2, 0.25) is 5.91 Å². The number of carbonyl (C=O) groups is 1. The molecule has 1 atom stereocenters. The Morgan fingerprint density at radius 1 is 1.21 bits per heavy atom. The Hall–Kier alpha value is -1.06. The molecule has 2 aliphatic rings. The van der Waals surface area contributed by atoms with Crippen LogP contribution in [0.2, 0.25) is 5.02 Å². The third-order valence-corrected chi connectivity index (χ3v) is 5.89. The first-order valence-corrected chi connectivity index (χ1v) is 10.6. The first kappa shape index (κ1) is 24.2. The molecular formula is C21H33ClIN5O. The monoisotopic (exact) mass is 533 g/mol. The molecule has 2 saturated heterocycles. The number of hydrogen-bond acceptors (Lipinski definition) is 3. The highest BCUT2D eigenvalue weighted by Crippen LogP contribution is 2.15. The lowest BCUT2D eigenvalue weighted by Crippen LogP contribution is -2.54. The standard InChI is InChI=1S/C21H32ClN5O.HI/c1-23-21(24-15-18-6-4-8-25(2)16-18)27-11-9-26(10-12-27)20(28)14-17-5-3-7-19(22)13-17;/h3,5,7,13,18H,4,6,8-12,14-16H2,1-2H3,(H,23,24);1H. The summed E-state index contributed by atoms with van der Waals surface area (Å²) in [6.45, 7) is 6.40. The van der Waals surface area contributed by atoms with Gasteiger partial charge in [-0.3, -0.25) is 9.79 Å². The topological polar surface area (TPSA) is 51.2 Å². The molecule has 1 unspecified atom stereocenters. The molecule has 2 fully saturated rings. The van der Waals surface area contributed by atoms with Crippen LogP contribution in [-0.2, 0) is 11.2 Å². The zero-order chi connectivity index (χ0) is 19.9. The first-order valence-electron chi connectivity index (χ1n) is 10.2. The summed E-state index contributed by atoms with van der Waals surface area (Å²) in [7, 11) is 4.03. The molecule has 1 amide bonds. The van der Waals surface area contributed by atoms with E-state index in [2.05, 4.69) is 27.2 Å². The van der Waals surface area contributed by atoms with Crippen molar-refractivity contribution in [1.82, 2.24) is 20.0 Å². The van der Waals surface area contributed by atoms with Gasteiger partial charge in [-0.2, -0.15) is 0 Å². The summed E-state index contributed by atoms with van der Waals surface area (Å²) in [6.07, 6.45) is 2.96. The van der Waals surface area contributed by atoms with E-state index >= 15 is 0 Å². The maximum Gasteiger partial charge on any atom is 0.227 e. The number of guanidine groups is 1. The number of nitrogens with zero attached hydrogens (tertiary/aromatic N) is 4. The van der Waals surface area contributed by atoms with Crippen molar-refractivity contribution < 1.29 is 4.79 Å². The SMILES string of the molecule is CN=C(NCC1CCCN(C)C1)N1CCN(C(=O)Cc2cccc(Cl)c2)CC1.I. The van der Waals surface area contributed by atoms with Crippen molar-refractivity contribution in [1.29, 1.82) is 0 Å². The smallest absolute Gasteiger partial charge is 0.227 e. The van der Waals surface area contributed by atoms with Crippen molar-refractivity contribution in [2.24, 2.45) is 10.9 Å². The summed E-state index contributed by atoms with van der Waals surface area (Å²) in [6, 6.07) is 7.54. The van der Waals surface area contributed by atoms with Crippen LogP contribution in [0.5, 0.6) is 0 Å². The molecule has 0 spiro atoms. The minimum Gasteiger partial charge on any atom is -0.356 e. The van der Waals surface area contributed by atoms with Gasteiger partial charge in [0.05, 0.1) is 6.42 Å². The molecule has 3 rings (SSSR count). The van der Waals surface area contributed by atoms with Crippen LogP contribution >= 0.6 is 35.6 Å². The number of rotatable bonds is 4. The lowest BCUT2D eigenvalue weighted by Gasteiger charge is -2.37. The second-order valence-electron chi connectivity index (χ2n) is 7.87. The van der Waals surface area contributed by atoms with Crippen molar-refractivity contribution in [3.63, 3.8) is 0 Å². The van der Waals surface area contributed by atoms with E-state index in [1.165, 1.54) is 19.4 Å². The fourth-order valence-corrected chi connectivity index (χ4v) is 4.32. The highest BCUT2D eigenvalue weighted by molar-refractivity contribution is 14.0. The van der Waals surface area contributed by atoms with Gasteiger partial charge in [0.1, 0.15) is 0 Å². The number of carbonyl (C=O) groups excluding carboxylic acids is 1. The fraction of sp³-hybridized carbons (Fsp3) is 0.619. The quantitative estimate of drug-likeness (QED) is 0.367. The van der Waals surface area contributed by atoms with Crippen LogP contribution in [0.3, 0.4) is 0 Å². The number of nitrogens with one attached hydrogen (secondary N) is 1. The molecule has 0 saturated carbocycles. The van der Waals surface area contributed by atoms with Gasteiger partial charge in [0.25, 0.3) is 0 Å². The molecular weight excluding hydrogens is 501 g/mol. The molecule has 1 aromatic carbocycles. The third kappa shape index (κ3) is 7.29. The molecule has 2 aliphatic heterocycles. The van der Waals surface area contributed by atoms with Gasteiger partial charge in [0.15, 0.2) is 5.96 Å². The van der Waals surface area contributed by atoms with Crippen molar-refractivity contribution in [3.8, 4) is 0 Å². The molecule has 0 aliphatic carbocycles. The zero-order valence-corrected chi connectivity index (χ0v) is 20.5. The average molecular weight is 534 g/mol. The predicted molar refractivity (Wildman–Crippen MR) is 130 cm³/mol. The van der Waals surface area contributed by atoms with Gasteiger partial charge < -0.3 is 20.0 Å². The fourth-order valence-electron chi connectivity index (χ4n) is 4.11. The summed E-state index contributed by atoms with van der Waals surface area (Å²) < 4.78 is 0. The van der Waals surface area contributed by atoms with Gasteiger partial charge >= 0.3 is 0 Å². The number of halogens is 2. The maximum absolute atomic E-state index is 12.6. The molecule has 1 aromatic rings. The Morgan fingerprint density at radius 3 is 2.59 bits per heavy atom. The van der Waals surface area contributed by atoms with Crippen LogP contribution in [-0.4, -0.2) is 86.5 Å². The lowest BCUT2D eigenvalue weighted by atomic mass is 9.98. The lowest BCUT2D eigenvalue weighted by molar-refractivity contribution is -0.131. The zero-order valence-electron chi connectivity index (χ0n) is 17.4. The van der Waals surface area contributed by atoms with Crippen molar-refractivity contribution in [3.05, 3.63) is 34.9 Å². The summed E-state index contributed by atoms with van der Waals surface area (Å²) in [4.78, 5) is 23.7. The molecule has 0 aromatic heterocycles. The molecule has 8 heteroatoms. The van der Waals surface area contributed by atoms with E-state index in [0.717, 1.165) is 50.8 Å². The highest BCUT2D eigenvalue weighted by Gasteiger charge is 2.24. The van der Waals surface area contributed by atoms with E-state index < -0.39 is 0 Å². The maximum atomic E-state index is 12.6. The van der Waals surface area contributed by atoms with E-state index in [4.69, 9.17) is 11.6 Å². The molecule has 0 radical (unpaired) electrons. The summed E-state index contributed by atoms with van der Waals surface area (Å²) in [5.74, 6) is 1.79. The summed E-state index contributed by atoms with van der Waals surface area (Å²) in [5.41, 5.74) is 0.967. The third-order valence-electron chi connectivity index (χ3n) is 5.66. The first-order chi connectivity index (χ1) is 13.5. The summed E-state index contributed by atoms with van der Waals surface area (Å²) in [5, 5.41) is 4.23. The van der Waals surface area contributed by atoms with Gasteiger partial charge in [0, 0.05) is 51.3 Å². The Balaban J connectivity index is 0.00000300. The molecule has 2 heterocycles. The molecule has 1 N–H and O–H groups in total. The minimum absolute atomic E-state index is 0. The van der Waals surface area contributed by atoms with Gasteiger partial charge in [-0.15, -0.1) is 24.0 Å². The Morgan fingerprint density at radius 2 is 1.93 bits per heavy atom. The minimum atomic E-state index is 0. The van der Waals surface area contributed by atoms with Crippen molar-refractivity contribution >= 4 is 47.4 Å². The Kier molecular flexibility index (Phi) is 9.98. The molecule has 0 bridgehead atoms. The van der Waals surface area contributed by atoms with Gasteiger partial charge in [-0.05, 0) is 50.0 Å². The van der Waals surface area contributed by atoms with E-state index in [1.54, 1.807) is 0 Å². The number of likely N-dealkylation sites (tertiary alicyclic amines) is 1. The Labute approximate surface area is 196 Å². The number of amides is 1. The highest BCUT2D eigenvalue weighted by atomic mass is 127. The van der Waals surface area contributed by atoms with Crippen molar-refractivity contribution in [2.75, 3.05) is 59.9 Å². The second kappa shape index (κ2) is 12.0. The van der Waals surface area contributed by atoms with Crippen LogP contribution in [0.1, 0.15) is 18.4 Å². The van der Waals surface area contributed by atoms with E-state index in [1.807, 2.05) is 36.2 Å². The number of piperazine rings is 1. The number of aliphatic imine (C=N–C) groups is 1. The number of benzene rings is 1. The largest absolute Gasteiger partial charge is 0.356 e. The molecule has 29 heavy (non-hydrogen) atoms. The predicted octanol–water partition coefficient (Wildman–Crippen LogP) is 2.56. The van der Waals surface area contributed by atoms with Gasteiger partial charge in [-0.25, -0.2) is 0 Å². The molecule has 162 valence electrons. The van der Waals surface area contributed by atoms with Crippen LogP contribution < -0.4 is 5.32 Å². The van der Waals surface area contributed by atoms with Crippen molar-refractivity contribution in [2.45, 2.75) is 19.3 Å². The summed E-state index contributed by atoms with van der Waals surface area (Å²) >= 11 is 6.02. The molecule has 6 nitrogen and oxygen atoms in total. The van der Waals surface area contributed by atoms with E-state index in [9.17, 15) is 4.79 Å². The van der Waals surface area contributed by atoms with Crippen LogP contribution in [0, 0.1) is 5.92 Å². The van der Waals surface area contributed by atoms with E-state index in [0.29, 0.717) is 17.4 Å². The number of piperidine rings is 1. The second-order valence-corrected chi connectivity index (χ2v) is 8.31. The van der Waals surface area contributed by atoms with E-state index in [-0.39, 0.29) is 29.9 Å². The van der Waals surface area contributed by atoms with Gasteiger partial charge in [-0.1, -0.05) is 23.7 Å². The number of hydrogen-bond donors (Lipinski definition) is 1. The normalized spacial score (nSPS) is 20.9. The average Bonchev–Trinajstić information content (AvgIpc) is 2.69.